The van der Waals surface area contributed by atoms with Crippen molar-refractivity contribution in [3.63, 3.8) is 0 Å². The first-order valence-corrected chi connectivity index (χ1v) is 5.81. The SMILES string of the molecule is COc1ccccc1COS(C)(=O)=O. The van der Waals surface area contributed by atoms with Gasteiger partial charge in [-0.15, -0.1) is 0 Å². The molecule has 1 rings (SSSR count). The van der Waals surface area contributed by atoms with Crippen LogP contribution in [0.2, 0.25) is 0 Å². The maximum absolute atomic E-state index is 10.7. The highest BCUT2D eigenvalue weighted by atomic mass is 32.2. The Morgan fingerprint density at radius 3 is 2.50 bits per heavy atom. The largest absolute Gasteiger partial charge is 0.496 e. The van der Waals surface area contributed by atoms with E-state index in [9.17, 15) is 8.42 Å². The summed E-state index contributed by atoms with van der Waals surface area (Å²) in [6.07, 6.45) is 1.02. The lowest BCUT2D eigenvalue weighted by atomic mass is 10.2. The minimum Gasteiger partial charge on any atom is -0.496 e. The Hall–Kier alpha value is -1.07. The molecule has 1 aromatic carbocycles. The van der Waals surface area contributed by atoms with Crippen LogP contribution in [-0.4, -0.2) is 21.8 Å². The summed E-state index contributed by atoms with van der Waals surface area (Å²) >= 11 is 0. The van der Waals surface area contributed by atoms with E-state index in [1.807, 2.05) is 6.07 Å². The van der Waals surface area contributed by atoms with Gasteiger partial charge in [-0.3, -0.25) is 4.18 Å². The molecule has 14 heavy (non-hydrogen) atoms. The molecule has 0 fully saturated rings. The fourth-order valence-electron chi connectivity index (χ4n) is 0.993. The second-order valence-corrected chi connectivity index (χ2v) is 4.42. The molecule has 1 aromatic rings. The van der Waals surface area contributed by atoms with Crippen LogP contribution in [0.1, 0.15) is 5.56 Å². The predicted octanol–water partition coefficient (Wildman–Crippen LogP) is 1.17. The van der Waals surface area contributed by atoms with Gasteiger partial charge in [-0.05, 0) is 6.07 Å². The van der Waals surface area contributed by atoms with Gasteiger partial charge in [0.25, 0.3) is 10.1 Å². The summed E-state index contributed by atoms with van der Waals surface area (Å²) in [5, 5.41) is 0. The average molecular weight is 216 g/mol. The molecule has 0 radical (unpaired) electrons. The van der Waals surface area contributed by atoms with Crippen molar-refractivity contribution in [1.82, 2.24) is 0 Å². The van der Waals surface area contributed by atoms with Crippen molar-refractivity contribution in [2.45, 2.75) is 6.61 Å². The lowest BCUT2D eigenvalue weighted by Gasteiger charge is -2.06. The van der Waals surface area contributed by atoms with E-state index in [0.717, 1.165) is 6.26 Å². The second-order valence-electron chi connectivity index (χ2n) is 2.78. The minimum absolute atomic E-state index is 0.00282. The van der Waals surface area contributed by atoms with Crippen molar-refractivity contribution >= 4 is 10.1 Å². The maximum Gasteiger partial charge on any atom is 0.264 e. The van der Waals surface area contributed by atoms with Gasteiger partial charge in [-0.25, -0.2) is 0 Å². The molecule has 0 heterocycles. The molecule has 0 saturated carbocycles. The van der Waals surface area contributed by atoms with Crippen molar-refractivity contribution < 1.29 is 17.3 Å². The molecule has 0 aliphatic rings. The van der Waals surface area contributed by atoms with Crippen LogP contribution in [0.4, 0.5) is 0 Å². The van der Waals surface area contributed by atoms with E-state index in [1.54, 1.807) is 18.2 Å². The minimum atomic E-state index is -3.40. The normalized spacial score (nSPS) is 11.3. The van der Waals surface area contributed by atoms with Gasteiger partial charge in [0.1, 0.15) is 5.75 Å². The Labute approximate surface area is 83.6 Å². The van der Waals surface area contributed by atoms with E-state index in [0.29, 0.717) is 11.3 Å². The van der Waals surface area contributed by atoms with E-state index in [-0.39, 0.29) is 6.61 Å². The summed E-state index contributed by atoms with van der Waals surface area (Å²) in [6.45, 7) is 0.00282. The van der Waals surface area contributed by atoms with Gasteiger partial charge in [0.05, 0.1) is 20.0 Å². The van der Waals surface area contributed by atoms with Gasteiger partial charge in [0.15, 0.2) is 0 Å². The van der Waals surface area contributed by atoms with Crippen LogP contribution in [0.25, 0.3) is 0 Å². The molecule has 0 aliphatic heterocycles. The summed E-state index contributed by atoms with van der Waals surface area (Å²) < 4.78 is 31.2. The number of hydrogen-bond acceptors (Lipinski definition) is 4. The molecule has 4 nitrogen and oxygen atoms in total. The van der Waals surface area contributed by atoms with E-state index in [1.165, 1.54) is 7.11 Å². The van der Waals surface area contributed by atoms with Crippen LogP contribution in [0.3, 0.4) is 0 Å². The second kappa shape index (κ2) is 4.43. The molecule has 0 aromatic heterocycles. The van der Waals surface area contributed by atoms with E-state index in [4.69, 9.17) is 4.74 Å². The Morgan fingerprint density at radius 1 is 1.29 bits per heavy atom. The molecule has 5 heteroatoms. The van der Waals surface area contributed by atoms with Crippen LogP contribution < -0.4 is 4.74 Å². The smallest absolute Gasteiger partial charge is 0.264 e. The summed E-state index contributed by atoms with van der Waals surface area (Å²) in [4.78, 5) is 0. The number of ether oxygens (including phenoxy) is 1. The van der Waals surface area contributed by atoms with Gasteiger partial charge in [0.2, 0.25) is 0 Å². The number of hydrogen-bond donors (Lipinski definition) is 0. The third-order valence-corrected chi connectivity index (χ3v) is 2.17. The predicted molar refractivity (Wildman–Crippen MR) is 52.6 cm³/mol. The third-order valence-electron chi connectivity index (χ3n) is 1.62. The fraction of sp³-hybridized carbons (Fsp3) is 0.333. The lowest BCUT2D eigenvalue weighted by molar-refractivity contribution is 0.302. The van der Waals surface area contributed by atoms with Crippen molar-refractivity contribution in [2.24, 2.45) is 0 Å². The molecule has 0 atom stereocenters. The molecule has 78 valence electrons. The Morgan fingerprint density at radius 2 is 1.93 bits per heavy atom. The molecule has 0 aliphatic carbocycles. The molecule has 0 amide bonds. The number of rotatable bonds is 4. The lowest BCUT2D eigenvalue weighted by Crippen LogP contribution is -2.03. The quantitative estimate of drug-likeness (QED) is 0.709. The van der Waals surface area contributed by atoms with Crippen molar-refractivity contribution in [1.29, 1.82) is 0 Å². The first-order valence-electron chi connectivity index (χ1n) is 3.99. The fourth-order valence-corrected chi connectivity index (χ4v) is 1.33. The van der Waals surface area contributed by atoms with Gasteiger partial charge in [-0.2, -0.15) is 8.42 Å². The topological polar surface area (TPSA) is 52.6 Å². The van der Waals surface area contributed by atoms with Crippen molar-refractivity contribution in [3.8, 4) is 5.75 Å². The third kappa shape index (κ3) is 3.35. The highest BCUT2D eigenvalue weighted by Crippen LogP contribution is 2.18. The Balaban J connectivity index is 2.76. The Bertz CT molecular complexity index is 397. The highest BCUT2D eigenvalue weighted by molar-refractivity contribution is 7.85. The first-order chi connectivity index (χ1) is 6.53. The van der Waals surface area contributed by atoms with Crippen molar-refractivity contribution in [2.75, 3.05) is 13.4 Å². The van der Waals surface area contributed by atoms with Gasteiger partial charge >= 0.3 is 0 Å². The van der Waals surface area contributed by atoms with Crippen LogP contribution in [0.15, 0.2) is 24.3 Å². The zero-order valence-electron chi connectivity index (χ0n) is 8.06. The van der Waals surface area contributed by atoms with Crippen LogP contribution in [0, 0.1) is 0 Å². The zero-order valence-corrected chi connectivity index (χ0v) is 8.87. The number of methoxy groups -OCH3 is 1. The van der Waals surface area contributed by atoms with Crippen LogP contribution >= 0.6 is 0 Å². The molecule has 0 bridgehead atoms. The zero-order chi connectivity index (χ0) is 10.6. The highest BCUT2D eigenvalue weighted by Gasteiger charge is 2.06. The molecule has 0 saturated heterocycles. The summed E-state index contributed by atoms with van der Waals surface area (Å²) in [7, 11) is -1.88. The molecule has 0 spiro atoms. The van der Waals surface area contributed by atoms with Gasteiger partial charge in [0, 0.05) is 5.56 Å². The maximum atomic E-state index is 10.7. The van der Waals surface area contributed by atoms with Gasteiger partial charge < -0.3 is 4.74 Å². The van der Waals surface area contributed by atoms with E-state index >= 15 is 0 Å². The van der Waals surface area contributed by atoms with E-state index in [2.05, 4.69) is 4.18 Å². The number of para-hydroxylation sites is 1. The number of benzene rings is 1. The summed E-state index contributed by atoms with van der Waals surface area (Å²) in [5.74, 6) is 0.621. The van der Waals surface area contributed by atoms with Crippen LogP contribution in [0.5, 0.6) is 5.75 Å². The standard InChI is InChI=1S/C9H12O4S/c1-12-9-6-4-3-5-8(9)7-13-14(2,10)11/h3-6H,7H2,1-2H3. The summed E-state index contributed by atoms with van der Waals surface area (Å²) in [6, 6.07) is 7.11. The van der Waals surface area contributed by atoms with Gasteiger partial charge in [-0.1, -0.05) is 18.2 Å². The molecule has 0 N–H and O–H groups in total. The molecule has 0 unspecified atom stereocenters. The molecular formula is C9H12O4S. The summed E-state index contributed by atoms with van der Waals surface area (Å²) in [5.41, 5.74) is 0.709. The monoisotopic (exact) mass is 216 g/mol. The molecular weight excluding hydrogens is 204 g/mol. The first kappa shape index (κ1) is 11.0. The van der Waals surface area contributed by atoms with Crippen LogP contribution in [-0.2, 0) is 20.9 Å². The Kier molecular flexibility index (Phi) is 3.49. The average Bonchev–Trinajstić information content (AvgIpc) is 2.14. The van der Waals surface area contributed by atoms with Crippen molar-refractivity contribution in [3.05, 3.63) is 29.8 Å². The van der Waals surface area contributed by atoms with E-state index < -0.39 is 10.1 Å².